The van der Waals surface area contributed by atoms with Crippen molar-refractivity contribution in [3.8, 4) is 0 Å². The minimum Gasteiger partial charge on any atom is -0.309 e. The number of nitrogens with one attached hydrogen (secondary N) is 1. The molecule has 0 aromatic carbocycles. The fraction of sp³-hybridized carbons (Fsp3) is 0.476. The second-order valence-electron chi connectivity index (χ2n) is 7.84. The van der Waals surface area contributed by atoms with Gasteiger partial charge in [-0.05, 0) is 24.6 Å². The molecular weight excluding hydrogens is 454 g/mol. The number of alkyl halides is 5. The molecule has 0 spiro atoms. The summed E-state index contributed by atoms with van der Waals surface area (Å²) in [6, 6.07) is 3.90. The number of carbonyl (C=O) groups is 1. The first-order valence-electron chi connectivity index (χ1n) is 10.1. The molecule has 2 atom stereocenters. The Labute approximate surface area is 186 Å². The summed E-state index contributed by atoms with van der Waals surface area (Å²) in [5.41, 5.74) is -0.298. The molecule has 1 amide bonds. The van der Waals surface area contributed by atoms with Crippen molar-refractivity contribution in [1.82, 2.24) is 9.88 Å². The number of hydrogen-bond donors (Lipinski definition) is 1. The first kappa shape index (κ1) is 24.7. The molecule has 33 heavy (non-hydrogen) atoms. The number of nitrogens with zero attached hydrogens (tertiary/aromatic N) is 3. The zero-order chi connectivity index (χ0) is 24.4. The summed E-state index contributed by atoms with van der Waals surface area (Å²) in [7, 11) is 1.17. The number of piperidine rings is 1. The van der Waals surface area contributed by atoms with Crippen molar-refractivity contribution in [1.29, 1.82) is 0 Å². The second kappa shape index (κ2) is 9.54. The largest absolute Gasteiger partial charge is 0.399 e. The lowest BCUT2D eigenvalue weighted by molar-refractivity contribution is -0.891. The SMILES string of the molecule is CO[n+]1ccc([C@H]2CN([C@@H](C)C(=O)Nc3ccc(F)cn3)CCC2(F)F)cc1CC(F)(F)F. The van der Waals surface area contributed by atoms with E-state index in [0.29, 0.717) is 0 Å². The molecule has 1 aliphatic rings. The average Bonchev–Trinajstić information content (AvgIpc) is 2.73. The molecule has 0 aliphatic carbocycles. The molecule has 0 unspecified atom stereocenters. The molecule has 12 heteroatoms. The maximum Gasteiger partial charge on any atom is 0.399 e. The molecule has 3 rings (SSSR count). The molecule has 3 heterocycles. The van der Waals surface area contributed by atoms with E-state index in [-0.39, 0.29) is 30.2 Å². The van der Waals surface area contributed by atoms with Crippen LogP contribution in [0.3, 0.4) is 0 Å². The molecule has 0 bridgehead atoms. The van der Waals surface area contributed by atoms with Crippen molar-refractivity contribution in [2.24, 2.45) is 0 Å². The zero-order valence-electron chi connectivity index (χ0n) is 17.9. The predicted octanol–water partition coefficient (Wildman–Crippen LogP) is 3.12. The molecule has 0 saturated carbocycles. The Kier molecular flexibility index (Phi) is 7.15. The van der Waals surface area contributed by atoms with Crippen LogP contribution in [0.15, 0.2) is 36.7 Å². The fourth-order valence-electron chi connectivity index (χ4n) is 3.76. The number of carbonyl (C=O) groups excluding carboxylic acids is 1. The van der Waals surface area contributed by atoms with Gasteiger partial charge in [0.1, 0.15) is 25.2 Å². The van der Waals surface area contributed by atoms with E-state index in [2.05, 4.69) is 10.3 Å². The molecule has 0 radical (unpaired) electrons. The zero-order valence-corrected chi connectivity index (χ0v) is 17.9. The fourth-order valence-corrected chi connectivity index (χ4v) is 3.76. The number of pyridine rings is 2. The van der Waals surface area contributed by atoms with Crippen LogP contribution in [0.4, 0.5) is 32.2 Å². The van der Waals surface area contributed by atoms with Crippen molar-refractivity contribution < 1.29 is 40.7 Å². The second-order valence-corrected chi connectivity index (χ2v) is 7.84. The number of anilines is 1. The molecule has 1 fully saturated rings. The highest BCUT2D eigenvalue weighted by Crippen LogP contribution is 2.41. The van der Waals surface area contributed by atoms with Gasteiger partial charge < -0.3 is 5.32 Å². The number of amides is 1. The van der Waals surface area contributed by atoms with E-state index in [1.165, 1.54) is 37.3 Å². The van der Waals surface area contributed by atoms with Gasteiger partial charge in [0.05, 0.1) is 18.2 Å². The van der Waals surface area contributed by atoms with Crippen molar-refractivity contribution in [3.63, 3.8) is 0 Å². The Hall–Kier alpha value is -2.89. The smallest absolute Gasteiger partial charge is 0.309 e. The van der Waals surface area contributed by atoms with Gasteiger partial charge >= 0.3 is 6.18 Å². The molecule has 6 nitrogen and oxygen atoms in total. The lowest BCUT2D eigenvalue weighted by Gasteiger charge is -2.40. The Morgan fingerprint density at radius 2 is 2.09 bits per heavy atom. The number of rotatable bonds is 6. The van der Waals surface area contributed by atoms with Gasteiger partial charge in [-0.25, -0.2) is 18.2 Å². The summed E-state index contributed by atoms with van der Waals surface area (Å²) in [4.78, 5) is 22.7. The molecule has 180 valence electrons. The van der Waals surface area contributed by atoms with Gasteiger partial charge in [-0.2, -0.15) is 13.2 Å². The highest BCUT2D eigenvalue weighted by Gasteiger charge is 2.47. The third-order valence-corrected chi connectivity index (χ3v) is 5.56. The van der Waals surface area contributed by atoms with E-state index in [1.807, 2.05) is 0 Å². The third-order valence-electron chi connectivity index (χ3n) is 5.56. The van der Waals surface area contributed by atoms with Crippen molar-refractivity contribution >= 4 is 11.7 Å². The van der Waals surface area contributed by atoms with E-state index in [1.54, 1.807) is 0 Å². The minimum absolute atomic E-state index is 0.0186. The summed E-state index contributed by atoms with van der Waals surface area (Å²) in [5, 5.41) is 2.50. The van der Waals surface area contributed by atoms with Crippen LogP contribution in [0, 0.1) is 5.82 Å². The summed E-state index contributed by atoms with van der Waals surface area (Å²) in [6.07, 6.45) is -4.38. The molecular formula is C21H23F6N4O2+. The van der Waals surface area contributed by atoms with Gasteiger partial charge in [-0.1, -0.05) is 0 Å². The minimum atomic E-state index is -4.55. The van der Waals surface area contributed by atoms with Crippen LogP contribution in [-0.2, 0) is 11.2 Å². The Balaban J connectivity index is 1.80. The van der Waals surface area contributed by atoms with Crippen LogP contribution in [0.25, 0.3) is 0 Å². The van der Waals surface area contributed by atoms with E-state index >= 15 is 0 Å². The summed E-state index contributed by atoms with van der Waals surface area (Å²) < 4.78 is 82.3. The van der Waals surface area contributed by atoms with Gasteiger partial charge in [0.25, 0.3) is 5.92 Å². The Morgan fingerprint density at radius 1 is 1.36 bits per heavy atom. The first-order valence-corrected chi connectivity index (χ1v) is 10.1. The summed E-state index contributed by atoms with van der Waals surface area (Å²) >= 11 is 0. The summed E-state index contributed by atoms with van der Waals surface area (Å²) in [6.45, 7) is 1.19. The number of halogens is 6. The highest BCUT2D eigenvalue weighted by molar-refractivity contribution is 5.93. The molecule has 1 N–H and O–H groups in total. The maximum absolute atomic E-state index is 14.8. The van der Waals surface area contributed by atoms with E-state index < -0.39 is 48.6 Å². The first-order chi connectivity index (χ1) is 15.4. The lowest BCUT2D eigenvalue weighted by atomic mass is 9.86. The molecule has 1 saturated heterocycles. The maximum atomic E-state index is 14.8. The van der Waals surface area contributed by atoms with Gasteiger partial charge in [0.2, 0.25) is 17.8 Å². The predicted molar refractivity (Wildman–Crippen MR) is 105 cm³/mol. The van der Waals surface area contributed by atoms with Crippen LogP contribution in [0.2, 0.25) is 0 Å². The monoisotopic (exact) mass is 477 g/mol. The number of aromatic nitrogens is 2. The van der Waals surface area contributed by atoms with E-state index in [9.17, 15) is 31.1 Å². The molecule has 2 aromatic heterocycles. The molecule has 2 aromatic rings. The van der Waals surface area contributed by atoms with Gasteiger partial charge in [0, 0.05) is 36.4 Å². The van der Waals surface area contributed by atoms with Gasteiger partial charge in [-0.3, -0.25) is 14.5 Å². The Morgan fingerprint density at radius 3 is 2.70 bits per heavy atom. The van der Waals surface area contributed by atoms with Gasteiger partial charge in [0.15, 0.2) is 0 Å². The standard InChI is InChI=1S/C21H22F6N4O2/c1-13(19(32)29-18-4-3-15(22)11-28-18)30-8-6-20(23,24)17(12-30)14-5-7-31(33-2)16(9-14)10-21(25,26)27/h3-5,7,9,11,13,17H,6,8,10,12H2,1-2H3/p+1/t13-,17+/m0/s1. The molecule has 1 aliphatic heterocycles. The van der Waals surface area contributed by atoms with Crippen LogP contribution in [-0.4, -0.2) is 54.1 Å². The van der Waals surface area contributed by atoms with Crippen molar-refractivity contribution in [3.05, 3.63) is 53.7 Å². The van der Waals surface area contributed by atoms with E-state index in [0.717, 1.165) is 23.1 Å². The quantitative estimate of drug-likeness (QED) is 0.513. The number of likely N-dealkylation sites (tertiary alicyclic amines) is 1. The number of hydrogen-bond acceptors (Lipinski definition) is 4. The van der Waals surface area contributed by atoms with Crippen molar-refractivity contribution in [2.75, 3.05) is 25.5 Å². The van der Waals surface area contributed by atoms with Crippen LogP contribution < -0.4 is 14.9 Å². The summed E-state index contributed by atoms with van der Waals surface area (Å²) in [5.74, 6) is -5.61. The third kappa shape index (κ3) is 6.12. The van der Waals surface area contributed by atoms with Crippen molar-refractivity contribution in [2.45, 2.75) is 43.8 Å². The highest BCUT2D eigenvalue weighted by atomic mass is 19.4. The van der Waals surface area contributed by atoms with Gasteiger partial charge in [-0.15, -0.1) is 0 Å². The normalized spacial score (nSPS) is 19.7. The van der Waals surface area contributed by atoms with Crippen LogP contribution in [0.5, 0.6) is 0 Å². The topological polar surface area (TPSA) is 58.3 Å². The van der Waals surface area contributed by atoms with Crippen LogP contribution in [0.1, 0.15) is 30.5 Å². The lowest BCUT2D eigenvalue weighted by Crippen LogP contribution is -2.52. The Bertz CT molecular complexity index is 984. The van der Waals surface area contributed by atoms with Crippen LogP contribution >= 0.6 is 0 Å². The average molecular weight is 477 g/mol. The van der Waals surface area contributed by atoms with E-state index in [4.69, 9.17) is 4.84 Å².